The summed E-state index contributed by atoms with van der Waals surface area (Å²) in [7, 11) is 0. The molecule has 26 heavy (non-hydrogen) atoms. The van der Waals surface area contributed by atoms with Gasteiger partial charge in [0.25, 0.3) is 0 Å². The number of hydrogen-bond acceptors (Lipinski definition) is 2. The smallest absolute Gasteiger partial charge is 0.242 e. The van der Waals surface area contributed by atoms with Crippen molar-refractivity contribution >= 4 is 23.4 Å². The summed E-state index contributed by atoms with van der Waals surface area (Å²) in [4.78, 5) is 26.8. The first-order valence-electron chi connectivity index (χ1n) is 8.86. The summed E-state index contributed by atoms with van der Waals surface area (Å²) in [6.45, 7) is 4.51. The van der Waals surface area contributed by atoms with Crippen molar-refractivity contribution in [2.45, 2.75) is 39.3 Å². The van der Waals surface area contributed by atoms with E-state index < -0.39 is 6.04 Å². The number of nitrogens with one attached hydrogen (secondary N) is 1. The Balaban J connectivity index is 2.12. The third-order valence-corrected chi connectivity index (χ3v) is 4.47. The zero-order valence-electron chi connectivity index (χ0n) is 15.2. The molecule has 0 unspecified atom stereocenters. The average Bonchev–Trinajstić information content (AvgIpc) is 2.64. The Labute approximate surface area is 160 Å². The minimum absolute atomic E-state index is 0.0485. The largest absolute Gasteiger partial charge is 0.355 e. The molecule has 0 spiro atoms. The Morgan fingerprint density at radius 3 is 2.42 bits per heavy atom. The van der Waals surface area contributed by atoms with Gasteiger partial charge in [0.1, 0.15) is 6.04 Å². The molecule has 5 heteroatoms. The molecule has 0 saturated heterocycles. The second-order valence-electron chi connectivity index (χ2n) is 6.21. The van der Waals surface area contributed by atoms with Crippen molar-refractivity contribution in [3.05, 3.63) is 70.7 Å². The van der Waals surface area contributed by atoms with Gasteiger partial charge in [-0.05, 0) is 43.5 Å². The number of aryl methyl sites for hydroxylation is 1. The van der Waals surface area contributed by atoms with E-state index in [2.05, 4.69) is 5.32 Å². The van der Waals surface area contributed by atoms with E-state index in [0.717, 1.165) is 11.1 Å². The first kappa shape index (κ1) is 20.0. The van der Waals surface area contributed by atoms with Gasteiger partial charge in [-0.1, -0.05) is 54.1 Å². The van der Waals surface area contributed by atoms with Crippen LogP contribution in [0.25, 0.3) is 0 Å². The van der Waals surface area contributed by atoms with Gasteiger partial charge in [-0.2, -0.15) is 0 Å². The van der Waals surface area contributed by atoms with Crippen LogP contribution in [0.4, 0.5) is 0 Å². The Morgan fingerprint density at radius 2 is 1.77 bits per heavy atom. The fraction of sp³-hybridized carbons (Fsp3) is 0.333. The molecule has 4 nitrogen and oxygen atoms in total. The molecule has 0 aliphatic heterocycles. The van der Waals surface area contributed by atoms with Gasteiger partial charge >= 0.3 is 0 Å². The van der Waals surface area contributed by atoms with Crippen LogP contribution in [0.5, 0.6) is 0 Å². The maximum absolute atomic E-state index is 12.9. The number of rotatable bonds is 8. The molecule has 0 saturated carbocycles. The fourth-order valence-corrected chi connectivity index (χ4v) is 2.99. The Bertz CT molecular complexity index is 734. The lowest BCUT2D eigenvalue weighted by Crippen LogP contribution is -2.47. The molecule has 0 radical (unpaired) electrons. The molecule has 1 atom stereocenters. The van der Waals surface area contributed by atoms with E-state index in [9.17, 15) is 9.59 Å². The van der Waals surface area contributed by atoms with Crippen molar-refractivity contribution in [3.63, 3.8) is 0 Å². The highest BCUT2D eigenvalue weighted by Crippen LogP contribution is 2.16. The van der Waals surface area contributed by atoms with Crippen molar-refractivity contribution < 1.29 is 9.59 Å². The fourth-order valence-electron chi connectivity index (χ4n) is 2.78. The number of benzene rings is 2. The molecule has 0 fully saturated rings. The Hall–Kier alpha value is -2.33. The molecule has 2 aromatic rings. The van der Waals surface area contributed by atoms with Crippen LogP contribution in [0.2, 0.25) is 5.02 Å². The molecule has 0 heterocycles. The van der Waals surface area contributed by atoms with Crippen molar-refractivity contribution in [3.8, 4) is 0 Å². The summed E-state index contributed by atoms with van der Waals surface area (Å²) in [6, 6.07) is 16.7. The topological polar surface area (TPSA) is 49.4 Å². The van der Waals surface area contributed by atoms with Crippen LogP contribution in [0, 0.1) is 0 Å². The third-order valence-electron chi connectivity index (χ3n) is 4.23. The van der Waals surface area contributed by atoms with Gasteiger partial charge in [0, 0.05) is 24.5 Å². The monoisotopic (exact) mass is 372 g/mol. The number of carbonyl (C=O) groups is 2. The number of amides is 2. The molecule has 0 aromatic heterocycles. The van der Waals surface area contributed by atoms with Crippen molar-refractivity contribution in [1.29, 1.82) is 0 Å². The van der Waals surface area contributed by atoms with Crippen LogP contribution in [0.3, 0.4) is 0 Å². The molecule has 2 amide bonds. The van der Waals surface area contributed by atoms with E-state index in [1.54, 1.807) is 17.9 Å². The second-order valence-corrected chi connectivity index (χ2v) is 6.64. The number of halogens is 1. The lowest BCUT2D eigenvalue weighted by atomic mass is 10.1. The number of likely N-dealkylation sites (N-methyl/N-ethyl adjacent to an activating group) is 1. The highest BCUT2D eigenvalue weighted by Gasteiger charge is 2.25. The van der Waals surface area contributed by atoms with Crippen LogP contribution in [0.1, 0.15) is 31.4 Å². The standard InChI is InChI=1S/C21H25ClN2O2/c1-3-23-21(26)16(2)24(15-18-10-7-11-19(22)14-18)20(25)13-12-17-8-5-4-6-9-17/h4-11,14,16H,3,12-13,15H2,1-2H3,(H,23,26)/t16-/m1/s1. The Kier molecular flexibility index (Phi) is 7.67. The molecule has 138 valence electrons. The van der Waals surface area contributed by atoms with E-state index in [1.807, 2.05) is 55.5 Å². The normalized spacial score (nSPS) is 11.7. The molecule has 0 aliphatic carbocycles. The minimum Gasteiger partial charge on any atom is -0.355 e. The lowest BCUT2D eigenvalue weighted by Gasteiger charge is -2.29. The predicted molar refractivity (Wildman–Crippen MR) is 105 cm³/mol. The summed E-state index contributed by atoms with van der Waals surface area (Å²) in [5, 5.41) is 3.41. The van der Waals surface area contributed by atoms with E-state index in [1.165, 1.54) is 0 Å². The van der Waals surface area contributed by atoms with E-state index in [-0.39, 0.29) is 11.8 Å². The summed E-state index contributed by atoms with van der Waals surface area (Å²) in [6.07, 6.45) is 1.00. The SMILES string of the molecule is CCNC(=O)[C@@H](C)N(Cc1cccc(Cl)c1)C(=O)CCc1ccccc1. The number of hydrogen-bond donors (Lipinski definition) is 1. The molecule has 2 aromatic carbocycles. The molecular weight excluding hydrogens is 348 g/mol. The number of nitrogens with zero attached hydrogens (tertiary/aromatic N) is 1. The maximum atomic E-state index is 12.9. The van der Waals surface area contributed by atoms with Gasteiger partial charge in [0.15, 0.2) is 0 Å². The van der Waals surface area contributed by atoms with Crippen LogP contribution in [-0.4, -0.2) is 29.3 Å². The molecule has 1 N–H and O–H groups in total. The highest BCUT2D eigenvalue weighted by molar-refractivity contribution is 6.30. The van der Waals surface area contributed by atoms with Crippen LogP contribution in [0.15, 0.2) is 54.6 Å². The lowest BCUT2D eigenvalue weighted by molar-refractivity contribution is -0.140. The summed E-state index contributed by atoms with van der Waals surface area (Å²) in [5.74, 6) is -0.199. The van der Waals surface area contributed by atoms with Crippen molar-refractivity contribution in [2.24, 2.45) is 0 Å². The van der Waals surface area contributed by atoms with Gasteiger partial charge in [0.05, 0.1) is 0 Å². The zero-order valence-corrected chi connectivity index (χ0v) is 16.0. The summed E-state index contributed by atoms with van der Waals surface area (Å²) < 4.78 is 0. The van der Waals surface area contributed by atoms with E-state index in [0.29, 0.717) is 31.0 Å². The quantitative estimate of drug-likeness (QED) is 0.765. The van der Waals surface area contributed by atoms with Gasteiger partial charge in [0.2, 0.25) is 11.8 Å². The number of carbonyl (C=O) groups excluding carboxylic acids is 2. The van der Waals surface area contributed by atoms with Gasteiger partial charge < -0.3 is 10.2 Å². The molecule has 2 rings (SSSR count). The van der Waals surface area contributed by atoms with Crippen LogP contribution < -0.4 is 5.32 Å². The van der Waals surface area contributed by atoms with Gasteiger partial charge in [-0.15, -0.1) is 0 Å². The van der Waals surface area contributed by atoms with Crippen LogP contribution >= 0.6 is 11.6 Å². The summed E-state index contributed by atoms with van der Waals surface area (Å²) in [5.41, 5.74) is 2.01. The summed E-state index contributed by atoms with van der Waals surface area (Å²) >= 11 is 6.06. The van der Waals surface area contributed by atoms with Crippen molar-refractivity contribution in [1.82, 2.24) is 10.2 Å². The van der Waals surface area contributed by atoms with Gasteiger partial charge in [-0.3, -0.25) is 9.59 Å². The first-order valence-corrected chi connectivity index (χ1v) is 9.24. The third kappa shape index (κ3) is 5.88. The van der Waals surface area contributed by atoms with E-state index >= 15 is 0 Å². The van der Waals surface area contributed by atoms with Crippen LogP contribution in [-0.2, 0) is 22.6 Å². The predicted octanol–water partition coefficient (Wildman–Crippen LogP) is 3.83. The van der Waals surface area contributed by atoms with Crippen molar-refractivity contribution in [2.75, 3.05) is 6.54 Å². The Morgan fingerprint density at radius 1 is 1.08 bits per heavy atom. The first-order chi connectivity index (χ1) is 12.5. The molecule has 0 aliphatic rings. The molecule has 0 bridgehead atoms. The zero-order chi connectivity index (χ0) is 18.9. The highest BCUT2D eigenvalue weighted by atomic mass is 35.5. The van der Waals surface area contributed by atoms with E-state index in [4.69, 9.17) is 11.6 Å². The maximum Gasteiger partial charge on any atom is 0.242 e. The second kappa shape index (κ2) is 9.97. The minimum atomic E-state index is -0.544. The average molecular weight is 373 g/mol. The molecular formula is C21H25ClN2O2. The van der Waals surface area contributed by atoms with Gasteiger partial charge in [-0.25, -0.2) is 0 Å².